The van der Waals surface area contributed by atoms with Gasteiger partial charge in [-0.25, -0.2) is 0 Å². The molecular weight excluding hydrogens is 266 g/mol. The molecule has 2 nitrogen and oxygen atoms in total. The smallest absolute Gasteiger partial charge is 0.236 e. The molecule has 0 bridgehead atoms. The first-order valence-corrected chi connectivity index (χ1v) is 6.14. The van der Waals surface area contributed by atoms with E-state index in [9.17, 15) is 4.79 Å². The fraction of sp³-hybridized carbons (Fsp3) is 0.308. The van der Waals surface area contributed by atoms with Crippen LogP contribution in [0.5, 0.6) is 0 Å². The molecule has 0 spiro atoms. The molecule has 1 amide bonds. The van der Waals surface area contributed by atoms with Crippen LogP contribution in [0.25, 0.3) is 0 Å². The van der Waals surface area contributed by atoms with Gasteiger partial charge in [-0.05, 0) is 12.5 Å². The Morgan fingerprint density at radius 2 is 2.12 bits per heavy atom. The molecule has 0 heterocycles. The Labute approximate surface area is 105 Å². The van der Waals surface area contributed by atoms with Crippen molar-refractivity contribution < 1.29 is 4.79 Å². The lowest BCUT2D eigenvalue weighted by molar-refractivity contribution is -0.130. The third kappa shape index (κ3) is 3.81. The van der Waals surface area contributed by atoms with Crippen LogP contribution in [0.4, 0.5) is 0 Å². The van der Waals surface area contributed by atoms with Crippen LogP contribution in [0.1, 0.15) is 12.5 Å². The zero-order valence-electron chi connectivity index (χ0n) is 9.40. The van der Waals surface area contributed by atoms with Crippen molar-refractivity contribution in [3.8, 4) is 0 Å². The molecule has 0 aliphatic rings. The summed E-state index contributed by atoms with van der Waals surface area (Å²) in [6.45, 7) is 6.71. The monoisotopic (exact) mass is 281 g/mol. The van der Waals surface area contributed by atoms with E-state index in [0.29, 0.717) is 13.1 Å². The lowest BCUT2D eigenvalue weighted by Gasteiger charge is -2.22. The van der Waals surface area contributed by atoms with Gasteiger partial charge in [-0.15, -0.1) is 6.58 Å². The number of alkyl halides is 1. The molecule has 16 heavy (non-hydrogen) atoms. The Hall–Kier alpha value is -1.09. The van der Waals surface area contributed by atoms with Gasteiger partial charge in [0.15, 0.2) is 0 Å². The number of amides is 1. The number of hydrogen-bond acceptors (Lipinski definition) is 1. The van der Waals surface area contributed by atoms with E-state index in [1.807, 2.05) is 37.3 Å². The molecule has 86 valence electrons. The van der Waals surface area contributed by atoms with Gasteiger partial charge in [-0.1, -0.05) is 52.3 Å². The van der Waals surface area contributed by atoms with Crippen molar-refractivity contribution in [3.63, 3.8) is 0 Å². The van der Waals surface area contributed by atoms with E-state index in [0.717, 1.165) is 5.56 Å². The van der Waals surface area contributed by atoms with Crippen LogP contribution in [0.3, 0.4) is 0 Å². The van der Waals surface area contributed by atoms with Gasteiger partial charge in [-0.2, -0.15) is 0 Å². The maximum Gasteiger partial charge on any atom is 0.236 e. The minimum atomic E-state index is -0.156. The molecule has 3 heteroatoms. The van der Waals surface area contributed by atoms with Crippen LogP contribution in [-0.4, -0.2) is 22.2 Å². The normalized spacial score (nSPS) is 11.9. The van der Waals surface area contributed by atoms with Crippen molar-refractivity contribution in [2.75, 3.05) is 6.54 Å². The van der Waals surface area contributed by atoms with Crippen molar-refractivity contribution in [3.05, 3.63) is 48.6 Å². The van der Waals surface area contributed by atoms with E-state index in [2.05, 4.69) is 22.5 Å². The van der Waals surface area contributed by atoms with E-state index in [4.69, 9.17) is 0 Å². The van der Waals surface area contributed by atoms with Gasteiger partial charge >= 0.3 is 0 Å². The Bertz CT molecular complexity index is 348. The number of carbonyl (C=O) groups excluding carboxylic acids is 1. The van der Waals surface area contributed by atoms with E-state index >= 15 is 0 Å². The quantitative estimate of drug-likeness (QED) is 0.600. The number of benzene rings is 1. The van der Waals surface area contributed by atoms with Crippen molar-refractivity contribution in [2.45, 2.75) is 18.3 Å². The minimum absolute atomic E-state index is 0.0868. The zero-order valence-corrected chi connectivity index (χ0v) is 11.0. The van der Waals surface area contributed by atoms with E-state index in [1.54, 1.807) is 11.0 Å². The third-order valence-corrected chi connectivity index (χ3v) is 2.61. The predicted octanol–water partition coefficient (Wildman–Crippen LogP) is 2.98. The molecule has 0 aliphatic heterocycles. The molecule has 1 atom stereocenters. The molecule has 1 aromatic carbocycles. The Morgan fingerprint density at radius 1 is 1.50 bits per heavy atom. The minimum Gasteiger partial charge on any atom is -0.334 e. The summed E-state index contributed by atoms with van der Waals surface area (Å²) >= 11 is 3.30. The molecule has 1 rings (SSSR count). The second-order valence-electron chi connectivity index (χ2n) is 3.61. The fourth-order valence-corrected chi connectivity index (χ4v) is 1.73. The summed E-state index contributed by atoms with van der Waals surface area (Å²) in [5, 5.41) is 0. The molecule has 0 N–H and O–H groups in total. The van der Waals surface area contributed by atoms with Gasteiger partial charge in [0.2, 0.25) is 5.91 Å². The number of carbonyl (C=O) groups is 1. The van der Waals surface area contributed by atoms with Crippen LogP contribution in [-0.2, 0) is 11.3 Å². The summed E-state index contributed by atoms with van der Waals surface area (Å²) in [6, 6.07) is 9.95. The highest BCUT2D eigenvalue weighted by molar-refractivity contribution is 9.10. The highest BCUT2D eigenvalue weighted by atomic mass is 79.9. The average Bonchev–Trinajstić information content (AvgIpc) is 2.29. The van der Waals surface area contributed by atoms with Crippen molar-refractivity contribution in [2.24, 2.45) is 0 Å². The molecule has 0 radical (unpaired) electrons. The van der Waals surface area contributed by atoms with Crippen LogP contribution >= 0.6 is 15.9 Å². The van der Waals surface area contributed by atoms with Crippen LogP contribution in [0, 0.1) is 0 Å². The Kier molecular flexibility index (Phi) is 5.26. The molecule has 1 unspecified atom stereocenters. The van der Waals surface area contributed by atoms with Crippen molar-refractivity contribution >= 4 is 21.8 Å². The summed E-state index contributed by atoms with van der Waals surface area (Å²) in [6.07, 6.45) is 1.75. The SMILES string of the molecule is C=CCN(Cc1ccccc1)C(=O)C(C)Br. The van der Waals surface area contributed by atoms with Crippen LogP contribution in [0.15, 0.2) is 43.0 Å². The number of halogens is 1. The largest absolute Gasteiger partial charge is 0.334 e. The first-order chi connectivity index (χ1) is 7.65. The molecule has 0 aromatic heterocycles. The second-order valence-corrected chi connectivity index (χ2v) is 4.98. The lowest BCUT2D eigenvalue weighted by atomic mass is 10.2. The summed E-state index contributed by atoms with van der Waals surface area (Å²) in [5.74, 6) is 0.0868. The summed E-state index contributed by atoms with van der Waals surface area (Å²) in [5.41, 5.74) is 1.13. The summed E-state index contributed by atoms with van der Waals surface area (Å²) in [7, 11) is 0. The van der Waals surface area contributed by atoms with Gasteiger partial charge in [0.25, 0.3) is 0 Å². The maximum absolute atomic E-state index is 11.9. The van der Waals surface area contributed by atoms with Gasteiger partial charge < -0.3 is 4.90 Å². The summed E-state index contributed by atoms with van der Waals surface area (Å²) < 4.78 is 0. The molecule has 1 aromatic rings. The van der Waals surface area contributed by atoms with Crippen LogP contribution in [0.2, 0.25) is 0 Å². The molecule has 0 aliphatic carbocycles. The van der Waals surface area contributed by atoms with Crippen LogP contribution < -0.4 is 0 Å². The number of rotatable bonds is 5. The van der Waals surface area contributed by atoms with E-state index in [1.165, 1.54) is 0 Å². The van der Waals surface area contributed by atoms with E-state index in [-0.39, 0.29) is 10.7 Å². The van der Waals surface area contributed by atoms with Gasteiger partial charge in [0, 0.05) is 13.1 Å². The lowest BCUT2D eigenvalue weighted by Crippen LogP contribution is -2.35. The molecular formula is C13H16BrNO. The molecule has 0 fully saturated rings. The molecule has 0 saturated heterocycles. The van der Waals surface area contributed by atoms with Gasteiger partial charge in [0.05, 0.1) is 4.83 Å². The van der Waals surface area contributed by atoms with E-state index < -0.39 is 0 Å². The zero-order chi connectivity index (χ0) is 12.0. The third-order valence-electron chi connectivity index (χ3n) is 2.22. The van der Waals surface area contributed by atoms with Gasteiger partial charge in [0.1, 0.15) is 0 Å². The number of hydrogen-bond donors (Lipinski definition) is 0. The molecule has 0 saturated carbocycles. The van der Waals surface area contributed by atoms with Crippen molar-refractivity contribution in [1.82, 2.24) is 4.90 Å². The maximum atomic E-state index is 11.9. The highest BCUT2D eigenvalue weighted by Gasteiger charge is 2.16. The highest BCUT2D eigenvalue weighted by Crippen LogP contribution is 2.09. The summed E-state index contributed by atoms with van der Waals surface area (Å²) in [4.78, 5) is 13.5. The Balaban J connectivity index is 2.72. The average molecular weight is 282 g/mol. The predicted molar refractivity (Wildman–Crippen MR) is 70.4 cm³/mol. The first-order valence-electron chi connectivity index (χ1n) is 5.23. The van der Waals surface area contributed by atoms with Crippen molar-refractivity contribution in [1.29, 1.82) is 0 Å². The standard InChI is InChI=1S/C13H16BrNO/c1-3-9-15(13(16)11(2)14)10-12-7-5-4-6-8-12/h3-8,11H,1,9-10H2,2H3. The second kappa shape index (κ2) is 6.48. The topological polar surface area (TPSA) is 20.3 Å². The Morgan fingerprint density at radius 3 is 2.62 bits per heavy atom. The fourth-order valence-electron chi connectivity index (χ4n) is 1.44. The number of nitrogens with zero attached hydrogens (tertiary/aromatic N) is 1. The first kappa shape index (κ1) is 13.0. The van der Waals surface area contributed by atoms with Gasteiger partial charge in [-0.3, -0.25) is 4.79 Å².